The first-order chi connectivity index (χ1) is 12.3. The molecule has 2 N–H and O–H groups in total. The molecule has 0 saturated carbocycles. The van der Waals surface area contributed by atoms with Crippen molar-refractivity contribution in [3.05, 3.63) is 46.8 Å². The van der Waals surface area contributed by atoms with Gasteiger partial charge in [-0.25, -0.2) is 9.97 Å². The maximum Gasteiger partial charge on any atom is 0.156 e. The molecule has 5 nitrogen and oxygen atoms in total. The fraction of sp³-hybridized carbons (Fsp3) is 0.400. The molecular formula is C20H22N4O. The van der Waals surface area contributed by atoms with Gasteiger partial charge in [0.15, 0.2) is 5.65 Å². The van der Waals surface area contributed by atoms with Crippen LogP contribution in [0.2, 0.25) is 0 Å². The maximum atomic E-state index is 5.74. The van der Waals surface area contributed by atoms with Crippen LogP contribution in [0.25, 0.3) is 22.4 Å². The second-order valence-corrected chi connectivity index (χ2v) is 7.08. The molecule has 1 aromatic carbocycles. The number of rotatable bonds is 2. The molecule has 1 saturated heterocycles. The highest BCUT2D eigenvalue weighted by molar-refractivity contribution is 5.78. The standard InChI is InChI=1S/C20H22N4O/c1-12-9-22-20-19(12)24-18(10-23-20)14-7-13-4-6-25-11-16(13)15(8-14)17-3-2-5-21-17/h7-10,17,21H,2-6,11H2,1H3,(H,22,23). The van der Waals surface area contributed by atoms with Crippen LogP contribution < -0.4 is 5.32 Å². The topological polar surface area (TPSA) is 62.8 Å². The first-order valence-electron chi connectivity index (χ1n) is 9.07. The van der Waals surface area contributed by atoms with Gasteiger partial charge in [-0.2, -0.15) is 0 Å². The van der Waals surface area contributed by atoms with E-state index in [9.17, 15) is 0 Å². The molecule has 4 heterocycles. The SMILES string of the molecule is Cc1c[nH]c2ncc(-c3cc4c(c(C5CCCN5)c3)COCC4)nc12. The van der Waals surface area contributed by atoms with E-state index in [-0.39, 0.29) is 0 Å². The van der Waals surface area contributed by atoms with Gasteiger partial charge in [0, 0.05) is 17.8 Å². The van der Waals surface area contributed by atoms with E-state index in [1.165, 1.54) is 35.1 Å². The quantitative estimate of drug-likeness (QED) is 0.754. The average molecular weight is 334 g/mol. The molecule has 0 bridgehead atoms. The molecule has 2 aliphatic heterocycles. The smallest absolute Gasteiger partial charge is 0.156 e. The third kappa shape index (κ3) is 2.55. The van der Waals surface area contributed by atoms with Crippen molar-refractivity contribution >= 4 is 11.2 Å². The minimum absolute atomic E-state index is 0.432. The molecule has 1 atom stereocenters. The number of H-pyrrole nitrogens is 1. The molecule has 0 spiro atoms. The van der Waals surface area contributed by atoms with Crippen LogP contribution in [0.1, 0.15) is 41.1 Å². The zero-order chi connectivity index (χ0) is 16.8. The number of hydrogen-bond acceptors (Lipinski definition) is 4. The van der Waals surface area contributed by atoms with Crippen LogP contribution in [-0.4, -0.2) is 28.1 Å². The van der Waals surface area contributed by atoms with E-state index in [4.69, 9.17) is 9.72 Å². The minimum Gasteiger partial charge on any atom is -0.376 e. The fourth-order valence-electron chi connectivity index (χ4n) is 4.07. The monoisotopic (exact) mass is 334 g/mol. The molecule has 5 rings (SSSR count). The highest BCUT2D eigenvalue weighted by Gasteiger charge is 2.24. The number of aromatic amines is 1. The van der Waals surface area contributed by atoms with E-state index in [2.05, 4.69) is 34.3 Å². The largest absolute Gasteiger partial charge is 0.376 e. The lowest BCUT2D eigenvalue weighted by molar-refractivity contribution is 0.109. The van der Waals surface area contributed by atoms with Crippen molar-refractivity contribution in [2.45, 2.75) is 38.8 Å². The Labute approximate surface area is 146 Å². The molecule has 0 radical (unpaired) electrons. The van der Waals surface area contributed by atoms with Gasteiger partial charge in [-0.05, 0) is 67.1 Å². The Morgan fingerprint density at radius 2 is 2.24 bits per heavy atom. The normalized spacial score (nSPS) is 20.1. The number of aromatic nitrogens is 3. The van der Waals surface area contributed by atoms with Crippen LogP contribution in [0, 0.1) is 6.92 Å². The van der Waals surface area contributed by atoms with Gasteiger partial charge >= 0.3 is 0 Å². The summed E-state index contributed by atoms with van der Waals surface area (Å²) in [5.41, 5.74) is 9.22. The van der Waals surface area contributed by atoms with Gasteiger partial charge in [-0.1, -0.05) is 0 Å². The molecule has 25 heavy (non-hydrogen) atoms. The van der Waals surface area contributed by atoms with Gasteiger partial charge in [0.25, 0.3) is 0 Å². The third-order valence-corrected chi connectivity index (χ3v) is 5.44. The van der Waals surface area contributed by atoms with Crippen LogP contribution in [0.3, 0.4) is 0 Å². The minimum atomic E-state index is 0.432. The van der Waals surface area contributed by atoms with E-state index in [0.29, 0.717) is 6.04 Å². The van der Waals surface area contributed by atoms with Crippen LogP contribution in [0.4, 0.5) is 0 Å². The summed E-state index contributed by atoms with van der Waals surface area (Å²) in [6.07, 6.45) is 7.25. The predicted octanol–water partition coefficient (Wildman–Crippen LogP) is 3.43. The molecule has 3 aromatic rings. The molecule has 1 unspecified atom stereocenters. The Morgan fingerprint density at radius 3 is 3.12 bits per heavy atom. The van der Waals surface area contributed by atoms with Crippen molar-refractivity contribution in [3.8, 4) is 11.3 Å². The molecule has 2 aromatic heterocycles. The highest BCUT2D eigenvalue weighted by atomic mass is 16.5. The lowest BCUT2D eigenvalue weighted by Crippen LogP contribution is -2.19. The summed E-state index contributed by atoms with van der Waals surface area (Å²) >= 11 is 0. The number of benzene rings is 1. The van der Waals surface area contributed by atoms with E-state index in [0.717, 1.165) is 48.6 Å². The van der Waals surface area contributed by atoms with Crippen molar-refractivity contribution in [2.24, 2.45) is 0 Å². The first kappa shape index (κ1) is 15.0. The van der Waals surface area contributed by atoms with Crippen molar-refractivity contribution in [2.75, 3.05) is 13.2 Å². The number of nitrogens with zero attached hydrogens (tertiary/aromatic N) is 2. The second-order valence-electron chi connectivity index (χ2n) is 7.08. The molecule has 5 heteroatoms. The van der Waals surface area contributed by atoms with Crippen LogP contribution >= 0.6 is 0 Å². The van der Waals surface area contributed by atoms with Gasteiger partial charge in [-0.15, -0.1) is 0 Å². The summed E-state index contributed by atoms with van der Waals surface area (Å²) in [4.78, 5) is 12.6. The van der Waals surface area contributed by atoms with Gasteiger partial charge in [0.05, 0.1) is 25.1 Å². The number of fused-ring (bicyclic) bond motifs is 2. The summed E-state index contributed by atoms with van der Waals surface area (Å²) < 4.78 is 5.74. The van der Waals surface area contributed by atoms with Gasteiger partial charge in [0.1, 0.15) is 5.52 Å². The molecular weight excluding hydrogens is 312 g/mol. The van der Waals surface area contributed by atoms with Crippen molar-refractivity contribution in [3.63, 3.8) is 0 Å². The Kier molecular flexibility index (Phi) is 3.57. The molecule has 0 aliphatic carbocycles. The van der Waals surface area contributed by atoms with Gasteiger partial charge in [0.2, 0.25) is 0 Å². The summed E-state index contributed by atoms with van der Waals surface area (Å²) in [5.74, 6) is 0. The Morgan fingerprint density at radius 1 is 1.28 bits per heavy atom. The first-order valence-corrected chi connectivity index (χ1v) is 9.07. The summed E-state index contributed by atoms with van der Waals surface area (Å²) in [6.45, 7) is 4.69. The van der Waals surface area contributed by atoms with Crippen molar-refractivity contribution in [1.82, 2.24) is 20.3 Å². The van der Waals surface area contributed by atoms with Crippen LogP contribution in [0.15, 0.2) is 24.5 Å². The van der Waals surface area contributed by atoms with Crippen molar-refractivity contribution < 1.29 is 4.74 Å². The van der Waals surface area contributed by atoms with E-state index < -0.39 is 0 Å². The zero-order valence-electron chi connectivity index (χ0n) is 14.4. The van der Waals surface area contributed by atoms with Crippen LogP contribution in [-0.2, 0) is 17.8 Å². The number of nitrogens with one attached hydrogen (secondary N) is 2. The maximum absolute atomic E-state index is 5.74. The zero-order valence-corrected chi connectivity index (χ0v) is 14.4. The third-order valence-electron chi connectivity index (χ3n) is 5.44. The lowest BCUT2D eigenvalue weighted by atomic mass is 9.89. The highest BCUT2D eigenvalue weighted by Crippen LogP contribution is 2.34. The van der Waals surface area contributed by atoms with E-state index >= 15 is 0 Å². The molecule has 0 amide bonds. The lowest BCUT2D eigenvalue weighted by Gasteiger charge is -2.24. The van der Waals surface area contributed by atoms with Crippen molar-refractivity contribution in [1.29, 1.82) is 0 Å². The van der Waals surface area contributed by atoms with E-state index in [1.807, 2.05) is 12.4 Å². The molecule has 2 aliphatic rings. The molecule has 128 valence electrons. The Bertz CT molecular complexity index is 940. The van der Waals surface area contributed by atoms with Crippen LogP contribution in [0.5, 0.6) is 0 Å². The summed E-state index contributed by atoms with van der Waals surface area (Å²) in [6, 6.07) is 5.02. The molecule has 1 fully saturated rings. The summed E-state index contributed by atoms with van der Waals surface area (Å²) in [7, 11) is 0. The van der Waals surface area contributed by atoms with E-state index in [1.54, 1.807) is 0 Å². The number of ether oxygens (including phenoxy) is 1. The predicted molar refractivity (Wildman–Crippen MR) is 97.4 cm³/mol. The van der Waals surface area contributed by atoms with Gasteiger partial charge in [-0.3, -0.25) is 0 Å². The average Bonchev–Trinajstić information content (AvgIpc) is 3.31. The number of aryl methyl sites for hydroxylation is 1. The summed E-state index contributed by atoms with van der Waals surface area (Å²) in [5, 5.41) is 3.64. The fourth-order valence-corrected chi connectivity index (χ4v) is 4.07. The Hall–Kier alpha value is -2.24. The second kappa shape index (κ2) is 5.93. The number of hydrogen-bond donors (Lipinski definition) is 2. The van der Waals surface area contributed by atoms with Gasteiger partial charge < -0.3 is 15.0 Å². The Balaban J connectivity index is 1.66.